The zero-order valence-corrected chi connectivity index (χ0v) is 61.1. The molecule has 0 aromatic heterocycles. The van der Waals surface area contributed by atoms with Crippen LogP contribution in [-0.4, -0.2) is 123 Å². The average molecular weight is 1410 g/mol. The molecule has 16 bridgehead atoms. The lowest BCUT2D eigenvalue weighted by atomic mass is 9.47. The summed E-state index contributed by atoms with van der Waals surface area (Å²) in [5.41, 5.74) is -0.760. The zero-order chi connectivity index (χ0) is 74.0. The first-order chi connectivity index (χ1) is 46.5. The minimum Gasteiger partial charge on any atom is -0.458 e. The number of hydrogen-bond donors (Lipinski definition) is 2. The second-order valence-electron chi connectivity index (χ2n) is 33.4. The van der Waals surface area contributed by atoms with Crippen LogP contribution in [0.4, 0.5) is 13.2 Å². The van der Waals surface area contributed by atoms with E-state index in [9.17, 15) is 61.7 Å². The first-order valence-corrected chi connectivity index (χ1v) is 36.7. The van der Waals surface area contributed by atoms with Crippen molar-refractivity contribution >= 4 is 47.8 Å². The van der Waals surface area contributed by atoms with Gasteiger partial charge in [0, 0.05) is 58.6 Å². The normalized spacial score (nSPS) is 36.3. The highest BCUT2D eigenvalue weighted by Crippen LogP contribution is 2.63. The second-order valence-corrected chi connectivity index (χ2v) is 33.4. The van der Waals surface area contributed by atoms with E-state index in [2.05, 4.69) is 65.0 Å². The first kappa shape index (κ1) is 79.6. The van der Waals surface area contributed by atoms with E-state index in [1.807, 2.05) is 0 Å². The molecule has 17 aliphatic rings. The van der Waals surface area contributed by atoms with Gasteiger partial charge in [-0.1, -0.05) is 60.2 Å². The van der Waals surface area contributed by atoms with Crippen LogP contribution in [0.5, 0.6) is 0 Å². The van der Waals surface area contributed by atoms with Crippen molar-refractivity contribution in [1.82, 2.24) is 0 Å². The van der Waals surface area contributed by atoms with E-state index in [1.54, 1.807) is 27.7 Å². The molecule has 100 heavy (non-hydrogen) atoms. The van der Waals surface area contributed by atoms with Crippen LogP contribution < -0.4 is 0 Å². The maximum absolute atomic E-state index is 12.1. The number of fused-ring (bicyclic) bond motifs is 1. The number of alkyl halides is 3. The van der Waals surface area contributed by atoms with Crippen molar-refractivity contribution in [2.45, 2.75) is 294 Å². The topological polar surface area (TPSA) is 251 Å². The number of ether oxygens (including phenoxy) is 8. The van der Waals surface area contributed by atoms with Crippen LogP contribution >= 0.6 is 0 Å². The van der Waals surface area contributed by atoms with Crippen molar-refractivity contribution in [1.29, 1.82) is 0 Å². The Labute approximate surface area is 589 Å². The molecular weight excluding hydrogens is 1290 g/mol. The lowest BCUT2D eigenvalue weighted by Crippen LogP contribution is -2.66. The SMILES string of the molecule is C=C(C)C(=O)OC(C)C(F)(F)F.C=C(C)C(=O)OC1(C(C)C)C2CC3CC(C2)CC1C3.C=C(C)C(=O)OC1(CC)CCCC1.C=C(C)C(=O)OC12CC3CC(CC(C3)C1)C2.C=C(C)C(=O)OC12CC3CC(O)(CC(O)(C3)C1)C2.C=C(C)C(=O)OCC(=O)OC1C2CC3CC(C2)C(=O)OC1C3. The van der Waals surface area contributed by atoms with Gasteiger partial charge in [-0.25, -0.2) is 33.6 Å². The molecule has 21 heteroatoms. The summed E-state index contributed by atoms with van der Waals surface area (Å²) in [5, 5.41) is 21.0. The largest absolute Gasteiger partial charge is 0.458 e. The van der Waals surface area contributed by atoms with Crippen molar-refractivity contribution in [3.05, 3.63) is 72.9 Å². The molecule has 0 aromatic carbocycles. The molecular formula is C79H113F3O18. The van der Waals surface area contributed by atoms with Crippen LogP contribution in [0.1, 0.15) is 236 Å². The summed E-state index contributed by atoms with van der Waals surface area (Å²) >= 11 is 0. The van der Waals surface area contributed by atoms with Crippen molar-refractivity contribution in [2.75, 3.05) is 6.61 Å². The van der Waals surface area contributed by atoms with Gasteiger partial charge in [-0.05, 0) is 255 Å². The predicted octanol–water partition coefficient (Wildman–Crippen LogP) is 14.6. The van der Waals surface area contributed by atoms with E-state index in [0.717, 1.165) is 120 Å². The first-order valence-electron chi connectivity index (χ1n) is 36.7. The maximum atomic E-state index is 12.1. The van der Waals surface area contributed by atoms with E-state index in [4.69, 9.17) is 33.2 Å². The van der Waals surface area contributed by atoms with Gasteiger partial charge < -0.3 is 48.1 Å². The molecule has 2 heterocycles. The number of halogens is 3. The van der Waals surface area contributed by atoms with Crippen LogP contribution in [0.15, 0.2) is 72.9 Å². The summed E-state index contributed by atoms with van der Waals surface area (Å²) in [6.45, 7) is 37.7. The third-order valence-electron chi connectivity index (χ3n) is 23.9. The molecule has 0 radical (unpaired) electrons. The molecule has 2 saturated heterocycles. The molecule has 17 fully saturated rings. The molecule has 15 aliphatic carbocycles. The van der Waals surface area contributed by atoms with Gasteiger partial charge in [-0.3, -0.25) is 4.79 Å². The highest BCUT2D eigenvalue weighted by molar-refractivity contribution is 5.90. The third kappa shape index (κ3) is 19.2. The molecule has 0 spiro atoms. The summed E-state index contributed by atoms with van der Waals surface area (Å²) in [5.74, 6) is 3.28. The second kappa shape index (κ2) is 31.5. The maximum Gasteiger partial charge on any atom is 0.425 e. The Morgan fingerprint density at radius 2 is 0.950 bits per heavy atom. The predicted molar refractivity (Wildman–Crippen MR) is 365 cm³/mol. The number of carbonyl (C=O) groups excluding carboxylic acids is 8. The number of hydrogen-bond acceptors (Lipinski definition) is 18. The molecule has 0 aromatic rings. The van der Waals surface area contributed by atoms with Crippen LogP contribution in [0.25, 0.3) is 0 Å². The molecule has 15 saturated carbocycles. The molecule has 558 valence electrons. The Hall–Kier alpha value is -6.09. The van der Waals surface area contributed by atoms with Gasteiger partial charge in [0.25, 0.3) is 0 Å². The highest BCUT2D eigenvalue weighted by atomic mass is 19.4. The minimum atomic E-state index is -4.51. The van der Waals surface area contributed by atoms with E-state index in [0.29, 0.717) is 65.2 Å². The van der Waals surface area contributed by atoms with Crippen LogP contribution in [0.3, 0.4) is 0 Å². The van der Waals surface area contributed by atoms with Gasteiger partial charge in [-0.2, -0.15) is 13.2 Å². The molecule has 2 N–H and O–H groups in total. The summed E-state index contributed by atoms with van der Waals surface area (Å²) in [4.78, 5) is 92.6. The van der Waals surface area contributed by atoms with Crippen molar-refractivity contribution in [3.8, 4) is 0 Å². The van der Waals surface area contributed by atoms with Crippen LogP contribution in [-0.2, 0) is 76.3 Å². The van der Waals surface area contributed by atoms with Crippen molar-refractivity contribution in [3.63, 3.8) is 0 Å². The number of esters is 8. The Balaban J connectivity index is 0.000000155. The van der Waals surface area contributed by atoms with E-state index >= 15 is 0 Å². The standard InChI is InChI=1S/C17H26O2.C16H20O6.C14H20O4.C14H20O2.C11H18O2.C7H9F3O2/c1-10(2)16(18)19-17(11(3)4)14-6-12-5-13(8-14)9-15(17)7-12;1-8(2)15(18)20-7-13(17)22-14-10-3-9-4-11(6-10)16(19)21-12(14)5-9;1-9(2)11(15)18-14-5-10-3-12(16,7-14)6-13(17,4-10)8-14;1-9(2)13(15)16-14-6-10-3-11(7-14)5-12(4-10)8-14;1-4-11(7-5-6-8-11)13-10(12)9(2)3;1-4(2)6(11)12-5(3)7(8,9)10/h11-15H,1,5-9H2,2-4H3;9-12,14H,1,3-7H2,2H3;10,16-17H,1,3-8H2,2H3;10-12H,1,3-8H2,2H3;2,4-8H2,1,3H3;5H,1H2,2-3H3. The average Bonchev–Trinajstić information content (AvgIpc) is 0.863. The summed E-state index contributed by atoms with van der Waals surface area (Å²) < 4.78 is 78.0. The summed E-state index contributed by atoms with van der Waals surface area (Å²) in [6, 6.07) is 0. The molecule has 8 unspecified atom stereocenters. The molecule has 17 rings (SSSR count). The fraction of sp³-hybridized carbons (Fsp3) is 0.747. The fourth-order valence-corrected chi connectivity index (χ4v) is 20.5. The molecule has 0 amide bonds. The van der Waals surface area contributed by atoms with E-state index in [-0.39, 0.29) is 75.7 Å². The minimum absolute atomic E-state index is 0.0499. The lowest BCUT2D eigenvalue weighted by molar-refractivity contribution is -0.260. The van der Waals surface area contributed by atoms with Crippen LogP contribution in [0, 0.1) is 71.0 Å². The highest BCUT2D eigenvalue weighted by Gasteiger charge is 2.65. The smallest absolute Gasteiger partial charge is 0.425 e. The summed E-state index contributed by atoms with van der Waals surface area (Å²) in [6.07, 6.45) is 18.8. The Kier molecular flexibility index (Phi) is 25.1. The molecule has 2 aliphatic heterocycles. The van der Waals surface area contributed by atoms with Gasteiger partial charge in [-0.15, -0.1) is 0 Å². The molecule has 8 atom stereocenters. The van der Waals surface area contributed by atoms with Gasteiger partial charge >= 0.3 is 53.9 Å². The van der Waals surface area contributed by atoms with Gasteiger partial charge in [0.05, 0.1) is 17.1 Å². The number of carbonyl (C=O) groups is 8. The monoisotopic (exact) mass is 1410 g/mol. The number of rotatable bonds is 16. The Morgan fingerprint density at radius 3 is 1.39 bits per heavy atom. The zero-order valence-electron chi connectivity index (χ0n) is 61.1. The van der Waals surface area contributed by atoms with E-state index in [1.165, 1.54) is 78.1 Å². The lowest BCUT2D eigenvalue weighted by Gasteiger charge is -2.62. The number of aliphatic hydroxyl groups is 2. The summed E-state index contributed by atoms with van der Waals surface area (Å²) in [7, 11) is 0. The molecule has 18 nitrogen and oxygen atoms in total. The van der Waals surface area contributed by atoms with Gasteiger partial charge in [0.2, 0.25) is 0 Å². The van der Waals surface area contributed by atoms with Crippen molar-refractivity contribution in [2.24, 2.45) is 71.0 Å². The Bertz CT molecular complexity index is 3080. The Morgan fingerprint density at radius 1 is 0.520 bits per heavy atom. The van der Waals surface area contributed by atoms with E-state index < -0.39 is 65.7 Å². The van der Waals surface area contributed by atoms with Gasteiger partial charge in [0.15, 0.2) is 12.7 Å². The van der Waals surface area contributed by atoms with Crippen LogP contribution in [0.2, 0.25) is 0 Å². The quantitative estimate of drug-likeness (QED) is 0.0827. The third-order valence-corrected chi connectivity index (χ3v) is 23.9. The fourth-order valence-electron chi connectivity index (χ4n) is 20.5. The van der Waals surface area contributed by atoms with Gasteiger partial charge in [0.1, 0.15) is 34.6 Å². The van der Waals surface area contributed by atoms with Crippen molar-refractivity contribution < 1.29 is 99.6 Å².